The number of fused-ring (bicyclic) bond motifs is 1. The van der Waals surface area contributed by atoms with Crippen LogP contribution in [-0.4, -0.2) is 25.0 Å². The number of rotatable bonds is 6. The van der Waals surface area contributed by atoms with Crippen LogP contribution in [0.15, 0.2) is 48.5 Å². The Bertz CT molecular complexity index is 831. The van der Waals surface area contributed by atoms with Crippen LogP contribution in [-0.2, 0) is 16.0 Å². The van der Waals surface area contributed by atoms with E-state index in [-0.39, 0.29) is 24.2 Å². The van der Waals surface area contributed by atoms with Gasteiger partial charge in [0.05, 0.1) is 13.0 Å². The molecule has 2 aromatic carbocycles. The Morgan fingerprint density at radius 2 is 1.93 bits per heavy atom. The molecule has 27 heavy (non-hydrogen) atoms. The molecule has 0 saturated heterocycles. The highest BCUT2D eigenvalue weighted by molar-refractivity contribution is 5.99. The average molecular weight is 364 g/mol. The lowest BCUT2D eigenvalue weighted by molar-refractivity contribution is -0.120. The van der Waals surface area contributed by atoms with Crippen molar-refractivity contribution in [2.45, 2.75) is 32.1 Å². The van der Waals surface area contributed by atoms with Gasteiger partial charge in [-0.1, -0.05) is 24.3 Å². The maximum Gasteiger partial charge on any atom is 0.230 e. The SMILES string of the molecule is O=C(CCOc1ccccc1)Nc1ccc2c(c1)N(C(=O)C1CC1)CCC2. The van der Waals surface area contributed by atoms with Crippen LogP contribution in [0.3, 0.4) is 0 Å². The Hall–Kier alpha value is -2.82. The van der Waals surface area contributed by atoms with E-state index in [2.05, 4.69) is 5.32 Å². The zero-order chi connectivity index (χ0) is 18.6. The van der Waals surface area contributed by atoms with Gasteiger partial charge in [0.25, 0.3) is 0 Å². The predicted octanol–water partition coefficient (Wildman–Crippen LogP) is 3.78. The lowest BCUT2D eigenvalue weighted by Gasteiger charge is -2.30. The first-order chi connectivity index (χ1) is 13.2. The van der Waals surface area contributed by atoms with E-state index in [0.717, 1.165) is 49.4 Å². The Morgan fingerprint density at radius 1 is 1.11 bits per heavy atom. The number of carbonyl (C=O) groups excluding carboxylic acids is 2. The van der Waals surface area contributed by atoms with Gasteiger partial charge in [0.1, 0.15) is 5.75 Å². The second-order valence-electron chi connectivity index (χ2n) is 7.17. The summed E-state index contributed by atoms with van der Waals surface area (Å²) < 4.78 is 5.57. The predicted molar refractivity (Wildman–Crippen MR) is 105 cm³/mol. The Morgan fingerprint density at radius 3 is 2.70 bits per heavy atom. The molecule has 1 aliphatic heterocycles. The van der Waals surface area contributed by atoms with E-state index in [1.807, 2.05) is 53.4 Å². The van der Waals surface area contributed by atoms with Gasteiger partial charge in [0.15, 0.2) is 0 Å². The van der Waals surface area contributed by atoms with Crippen molar-refractivity contribution in [1.29, 1.82) is 0 Å². The van der Waals surface area contributed by atoms with Crippen molar-refractivity contribution in [3.05, 3.63) is 54.1 Å². The summed E-state index contributed by atoms with van der Waals surface area (Å²) in [4.78, 5) is 26.7. The van der Waals surface area contributed by atoms with Gasteiger partial charge in [-0.05, 0) is 55.5 Å². The summed E-state index contributed by atoms with van der Waals surface area (Å²) >= 11 is 0. The van der Waals surface area contributed by atoms with E-state index in [4.69, 9.17) is 4.74 Å². The van der Waals surface area contributed by atoms with Gasteiger partial charge < -0.3 is 15.0 Å². The van der Waals surface area contributed by atoms with Gasteiger partial charge in [-0.25, -0.2) is 0 Å². The van der Waals surface area contributed by atoms with Crippen molar-refractivity contribution in [3.63, 3.8) is 0 Å². The number of nitrogens with zero attached hydrogens (tertiary/aromatic N) is 1. The summed E-state index contributed by atoms with van der Waals surface area (Å²) in [6.45, 7) is 1.09. The summed E-state index contributed by atoms with van der Waals surface area (Å²) in [6, 6.07) is 15.3. The average Bonchev–Trinajstić information content (AvgIpc) is 3.53. The third-order valence-electron chi connectivity index (χ3n) is 5.02. The molecule has 0 spiro atoms. The molecule has 1 saturated carbocycles. The molecule has 0 aromatic heterocycles. The maximum absolute atomic E-state index is 12.6. The molecule has 0 bridgehead atoms. The maximum atomic E-state index is 12.6. The summed E-state index contributed by atoms with van der Waals surface area (Å²) in [7, 11) is 0. The lowest BCUT2D eigenvalue weighted by atomic mass is 10.0. The Balaban J connectivity index is 1.37. The quantitative estimate of drug-likeness (QED) is 0.848. The second kappa shape index (κ2) is 7.82. The summed E-state index contributed by atoms with van der Waals surface area (Å²) in [5, 5.41) is 2.93. The van der Waals surface area contributed by atoms with Crippen molar-refractivity contribution >= 4 is 23.2 Å². The molecule has 1 fully saturated rings. The third-order valence-corrected chi connectivity index (χ3v) is 5.02. The molecule has 140 valence electrons. The zero-order valence-corrected chi connectivity index (χ0v) is 15.3. The molecule has 1 heterocycles. The summed E-state index contributed by atoms with van der Waals surface area (Å²) in [6.07, 6.45) is 4.25. The fourth-order valence-electron chi connectivity index (χ4n) is 3.43. The molecule has 4 rings (SSSR count). The number of amides is 2. The van der Waals surface area contributed by atoms with Crippen LogP contribution >= 0.6 is 0 Å². The van der Waals surface area contributed by atoms with Crippen molar-refractivity contribution < 1.29 is 14.3 Å². The minimum atomic E-state index is -0.0956. The van der Waals surface area contributed by atoms with Crippen molar-refractivity contribution in [3.8, 4) is 5.75 Å². The Kier molecular flexibility index (Phi) is 5.10. The van der Waals surface area contributed by atoms with E-state index < -0.39 is 0 Å². The van der Waals surface area contributed by atoms with E-state index in [1.54, 1.807) is 0 Å². The summed E-state index contributed by atoms with van der Waals surface area (Å²) in [5.74, 6) is 1.09. The van der Waals surface area contributed by atoms with Gasteiger partial charge in [0, 0.05) is 23.8 Å². The van der Waals surface area contributed by atoms with E-state index in [9.17, 15) is 9.59 Å². The van der Waals surface area contributed by atoms with Crippen LogP contribution < -0.4 is 15.0 Å². The molecule has 1 aliphatic carbocycles. The van der Waals surface area contributed by atoms with Crippen LogP contribution in [0.4, 0.5) is 11.4 Å². The van der Waals surface area contributed by atoms with Gasteiger partial charge >= 0.3 is 0 Å². The zero-order valence-electron chi connectivity index (χ0n) is 15.3. The smallest absolute Gasteiger partial charge is 0.230 e. The Labute approximate surface area is 159 Å². The highest BCUT2D eigenvalue weighted by Crippen LogP contribution is 2.36. The molecule has 2 amide bonds. The first kappa shape index (κ1) is 17.6. The van der Waals surface area contributed by atoms with Gasteiger partial charge in [0.2, 0.25) is 11.8 Å². The second-order valence-corrected chi connectivity index (χ2v) is 7.17. The normalized spacial score (nSPS) is 15.8. The largest absolute Gasteiger partial charge is 0.493 e. The van der Waals surface area contributed by atoms with Gasteiger partial charge in [-0.3, -0.25) is 9.59 Å². The van der Waals surface area contributed by atoms with Gasteiger partial charge in [-0.15, -0.1) is 0 Å². The topological polar surface area (TPSA) is 58.6 Å². The standard InChI is InChI=1S/C22H24N2O3/c25-21(12-14-27-19-6-2-1-3-7-19)23-18-11-10-16-5-4-13-24(20(16)15-18)22(26)17-8-9-17/h1-3,6-7,10-11,15,17H,4-5,8-9,12-14H2,(H,23,25). The summed E-state index contributed by atoms with van der Waals surface area (Å²) in [5.41, 5.74) is 2.87. The number of hydrogen-bond acceptors (Lipinski definition) is 3. The van der Waals surface area contributed by atoms with Crippen molar-refractivity contribution in [1.82, 2.24) is 0 Å². The van der Waals surface area contributed by atoms with E-state index >= 15 is 0 Å². The highest BCUT2D eigenvalue weighted by Gasteiger charge is 2.35. The van der Waals surface area contributed by atoms with E-state index in [1.165, 1.54) is 5.56 Å². The minimum Gasteiger partial charge on any atom is -0.493 e. The molecule has 0 atom stereocenters. The molecule has 2 aliphatic rings. The van der Waals surface area contributed by atoms with Crippen LogP contribution in [0.5, 0.6) is 5.75 Å². The molecule has 0 unspecified atom stereocenters. The van der Waals surface area contributed by atoms with E-state index in [0.29, 0.717) is 6.61 Å². The third kappa shape index (κ3) is 4.30. The number of nitrogens with one attached hydrogen (secondary N) is 1. The van der Waals surface area contributed by atoms with Gasteiger partial charge in [-0.2, -0.15) is 0 Å². The molecular weight excluding hydrogens is 340 g/mol. The molecule has 2 aromatic rings. The number of carbonyl (C=O) groups is 2. The van der Waals surface area contributed by atoms with Crippen molar-refractivity contribution in [2.24, 2.45) is 5.92 Å². The number of anilines is 2. The number of benzene rings is 2. The lowest BCUT2D eigenvalue weighted by Crippen LogP contribution is -2.36. The first-order valence-corrected chi connectivity index (χ1v) is 9.63. The van der Waals surface area contributed by atoms with Crippen LogP contribution in [0.1, 0.15) is 31.2 Å². The first-order valence-electron chi connectivity index (χ1n) is 9.63. The highest BCUT2D eigenvalue weighted by atomic mass is 16.5. The number of ether oxygens (including phenoxy) is 1. The molecule has 5 heteroatoms. The fraction of sp³-hybridized carbons (Fsp3) is 0.364. The van der Waals surface area contributed by atoms with Crippen LogP contribution in [0, 0.1) is 5.92 Å². The number of para-hydroxylation sites is 1. The minimum absolute atomic E-state index is 0.0956. The molecule has 5 nitrogen and oxygen atoms in total. The molecule has 1 N–H and O–H groups in total. The van der Waals surface area contributed by atoms with Crippen LogP contribution in [0.2, 0.25) is 0 Å². The fourth-order valence-corrected chi connectivity index (χ4v) is 3.43. The monoisotopic (exact) mass is 364 g/mol. The van der Waals surface area contributed by atoms with Crippen LogP contribution in [0.25, 0.3) is 0 Å². The number of hydrogen-bond donors (Lipinski definition) is 1. The molecule has 0 radical (unpaired) electrons. The molecular formula is C22H24N2O3. The van der Waals surface area contributed by atoms with Crippen molar-refractivity contribution in [2.75, 3.05) is 23.4 Å². The number of aryl methyl sites for hydroxylation is 1.